The summed E-state index contributed by atoms with van der Waals surface area (Å²) in [5, 5.41) is 9.16. The Morgan fingerprint density at radius 2 is 1.96 bits per heavy atom. The lowest BCUT2D eigenvalue weighted by atomic mass is 10.2. The lowest BCUT2D eigenvalue weighted by Gasteiger charge is -2.32. The first-order valence-electron chi connectivity index (χ1n) is 8.05. The summed E-state index contributed by atoms with van der Waals surface area (Å²) in [5.41, 5.74) is 0. The van der Waals surface area contributed by atoms with E-state index in [-0.39, 0.29) is 19.8 Å². The quantitative estimate of drug-likeness (QED) is 0.837. The highest BCUT2D eigenvalue weighted by Crippen LogP contribution is 2.22. The van der Waals surface area contributed by atoms with E-state index in [0.717, 1.165) is 0 Å². The second kappa shape index (κ2) is 8.30. The van der Waals surface area contributed by atoms with E-state index in [1.54, 1.807) is 42.6 Å². The second-order valence-electron chi connectivity index (χ2n) is 5.55. The van der Waals surface area contributed by atoms with Crippen LogP contribution >= 0.6 is 0 Å². The van der Waals surface area contributed by atoms with E-state index in [0.29, 0.717) is 24.0 Å². The van der Waals surface area contributed by atoms with Crippen molar-refractivity contribution in [2.75, 3.05) is 26.4 Å². The van der Waals surface area contributed by atoms with E-state index >= 15 is 0 Å². The maximum absolute atomic E-state index is 12.2. The van der Waals surface area contributed by atoms with Crippen molar-refractivity contribution in [2.45, 2.75) is 6.04 Å². The van der Waals surface area contributed by atoms with Crippen LogP contribution in [0.15, 0.2) is 48.7 Å². The van der Waals surface area contributed by atoms with Crippen LogP contribution in [-0.2, 0) is 14.3 Å². The number of carboxylic acid groups (broad SMARTS) is 1. The van der Waals surface area contributed by atoms with Gasteiger partial charge < -0.3 is 24.2 Å². The minimum absolute atomic E-state index is 0.0133. The number of aromatic nitrogens is 1. The molecule has 2 heterocycles. The molecule has 1 aliphatic heterocycles. The Bertz CT molecular complexity index is 750. The number of pyridine rings is 1. The number of carbonyl (C=O) groups excluding carboxylic acids is 1. The molecule has 1 N–H and O–H groups in total. The highest BCUT2D eigenvalue weighted by atomic mass is 16.5. The molecular formula is C18H18N2O6. The SMILES string of the molecule is O=C(O)C1COCCN1C(=O)COc1ccc(Oc2ccccn2)cc1. The standard InChI is InChI=1S/C18H18N2O6/c21-17(20-9-10-24-11-15(20)18(22)23)12-25-13-4-6-14(7-5-13)26-16-3-1-2-8-19-16/h1-8,15H,9-12H2,(H,22,23). The average Bonchev–Trinajstić information content (AvgIpc) is 2.68. The molecular weight excluding hydrogens is 340 g/mol. The molecule has 1 aromatic heterocycles. The number of amides is 1. The molecule has 1 aromatic carbocycles. The van der Waals surface area contributed by atoms with Gasteiger partial charge in [-0.15, -0.1) is 0 Å². The van der Waals surface area contributed by atoms with Crippen LogP contribution < -0.4 is 9.47 Å². The average molecular weight is 358 g/mol. The maximum Gasteiger partial charge on any atom is 0.328 e. The van der Waals surface area contributed by atoms with E-state index in [1.807, 2.05) is 6.07 Å². The highest BCUT2D eigenvalue weighted by molar-refractivity contribution is 5.84. The number of benzene rings is 1. The molecule has 0 bridgehead atoms. The van der Waals surface area contributed by atoms with Gasteiger partial charge in [-0.1, -0.05) is 6.07 Å². The van der Waals surface area contributed by atoms with Gasteiger partial charge in [0, 0.05) is 18.8 Å². The normalized spacial score (nSPS) is 16.8. The fraction of sp³-hybridized carbons (Fsp3) is 0.278. The van der Waals surface area contributed by atoms with E-state index in [4.69, 9.17) is 19.3 Å². The van der Waals surface area contributed by atoms with Crippen molar-refractivity contribution in [3.8, 4) is 17.4 Å². The minimum Gasteiger partial charge on any atom is -0.484 e. The molecule has 1 aliphatic rings. The molecule has 0 aliphatic carbocycles. The summed E-state index contributed by atoms with van der Waals surface area (Å²) in [7, 11) is 0. The number of hydrogen-bond acceptors (Lipinski definition) is 6. The number of rotatable bonds is 6. The zero-order chi connectivity index (χ0) is 18.4. The third kappa shape index (κ3) is 4.48. The predicted molar refractivity (Wildman–Crippen MR) is 90.2 cm³/mol. The number of carbonyl (C=O) groups is 2. The van der Waals surface area contributed by atoms with E-state index in [1.165, 1.54) is 4.90 Å². The Morgan fingerprint density at radius 3 is 2.65 bits per heavy atom. The lowest BCUT2D eigenvalue weighted by molar-refractivity contribution is -0.159. The smallest absolute Gasteiger partial charge is 0.328 e. The summed E-state index contributed by atoms with van der Waals surface area (Å²) >= 11 is 0. The molecule has 1 amide bonds. The molecule has 0 saturated carbocycles. The van der Waals surface area contributed by atoms with Crippen LogP contribution in [0.2, 0.25) is 0 Å². The summed E-state index contributed by atoms with van der Waals surface area (Å²) < 4.78 is 16.1. The highest BCUT2D eigenvalue weighted by Gasteiger charge is 2.32. The van der Waals surface area contributed by atoms with Crippen LogP contribution in [0.3, 0.4) is 0 Å². The zero-order valence-electron chi connectivity index (χ0n) is 13.9. The van der Waals surface area contributed by atoms with Crippen LogP contribution in [0.1, 0.15) is 0 Å². The first kappa shape index (κ1) is 17.7. The van der Waals surface area contributed by atoms with Crippen molar-refractivity contribution in [3.63, 3.8) is 0 Å². The number of nitrogens with zero attached hydrogens (tertiary/aromatic N) is 2. The second-order valence-corrected chi connectivity index (χ2v) is 5.55. The van der Waals surface area contributed by atoms with Crippen molar-refractivity contribution < 1.29 is 28.9 Å². The number of morpholine rings is 1. The van der Waals surface area contributed by atoms with Crippen molar-refractivity contribution in [1.29, 1.82) is 0 Å². The van der Waals surface area contributed by atoms with Gasteiger partial charge >= 0.3 is 5.97 Å². The van der Waals surface area contributed by atoms with Gasteiger partial charge in [-0.3, -0.25) is 4.79 Å². The van der Waals surface area contributed by atoms with E-state index in [2.05, 4.69) is 4.98 Å². The van der Waals surface area contributed by atoms with Gasteiger partial charge in [0.25, 0.3) is 5.91 Å². The Balaban J connectivity index is 1.54. The summed E-state index contributed by atoms with van der Waals surface area (Å²) in [4.78, 5) is 28.8. The Morgan fingerprint density at radius 1 is 1.19 bits per heavy atom. The zero-order valence-corrected chi connectivity index (χ0v) is 13.9. The van der Waals surface area contributed by atoms with Gasteiger partial charge in [0.1, 0.15) is 11.5 Å². The molecule has 1 fully saturated rings. The molecule has 3 rings (SSSR count). The summed E-state index contributed by atoms with van der Waals surface area (Å²) in [6.45, 7) is 0.288. The van der Waals surface area contributed by atoms with Gasteiger partial charge in [-0.2, -0.15) is 0 Å². The maximum atomic E-state index is 12.2. The topological polar surface area (TPSA) is 98.2 Å². The molecule has 136 valence electrons. The fourth-order valence-electron chi connectivity index (χ4n) is 2.47. The van der Waals surface area contributed by atoms with Gasteiger partial charge in [0.15, 0.2) is 12.6 Å². The van der Waals surface area contributed by atoms with Crippen molar-refractivity contribution in [3.05, 3.63) is 48.7 Å². The lowest BCUT2D eigenvalue weighted by Crippen LogP contribution is -2.53. The Labute approximate surface area is 149 Å². The van der Waals surface area contributed by atoms with Crippen LogP contribution in [0.25, 0.3) is 0 Å². The van der Waals surface area contributed by atoms with E-state index in [9.17, 15) is 9.59 Å². The number of hydrogen-bond donors (Lipinski definition) is 1. The van der Waals surface area contributed by atoms with E-state index < -0.39 is 17.9 Å². The third-order valence-corrected chi connectivity index (χ3v) is 3.78. The summed E-state index contributed by atoms with van der Waals surface area (Å²) in [6.07, 6.45) is 1.63. The predicted octanol–water partition coefficient (Wildman–Crippen LogP) is 1.56. The molecule has 0 radical (unpaired) electrons. The molecule has 2 aromatic rings. The van der Waals surface area contributed by atoms with Crippen LogP contribution in [0.4, 0.5) is 0 Å². The number of carboxylic acids is 1. The molecule has 0 spiro atoms. The first-order valence-corrected chi connectivity index (χ1v) is 8.05. The van der Waals surface area contributed by atoms with Crippen molar-refractivity contribution in [1.82, 2.24) is 9.88 Å². The Hall–Kier alpha value is -3.13. The van der Waals surface area contributed by atoms with Crippen molar-refractivity contribution >= 4 is 11.9 Å². The number of aliphatic carboxylic acids is 1. The van der Waals surface area contributed by atoms with Crippen molar-refractivity contribution in [2.24, 2.45) is 0 Å². The minimum atomic E-state index is -1.09. The van der Waals surface area contributed by atoms with Gasteiger partial charge in [0.05, 0.1) is 13.2 Å². The largest absolute Gasteiger partial charge is 0.484 e. The fourth-order valence-corrected chi connectivity index (χ4v) is 2.47. The summed E-state index contributed by atoms with van der Waals surface area (Å²) in [6, 6.07) is 11.1. The molecule has 8 heteroatoms. The van der Waals surface area contributed by atoms with Crippen LogP contribution in [0.5, 0.6) is 17.4 Å². The van der Waals surface area contributed by atoms with Crippen LogP contribution in [-0.4, -0.2) is 59.3 Å². The molecule has 1 unspecified atom stereocenters. The van der Waals surface area contributed by atoms with Crippen LogP contribution in [0, 0.1) is 0 Å². The molecule has 1 atom stereocenters. The van der Waals surface area contributed by atoms with Gasteiger partial charge in [-0.05, 0) is 30.3 Å². The van der Waals surface area contributed by atoms with Gasteiger partial charge in [0.2, 0.25) is 5.88 Å². The molecule has 8 nitrogen and oxygen atoms in total. The number of ether oxygens (including phenoxy) is 3. The molecule has 26 heavy (non-hydrogen) atoms. The molecule has 1 saturated heterocycles. The monoisotopic (exact) mass is 358 g/mol. The third-order valence-electron chi connectivity index (χ3n) is 3.78. The first-order chi connectivity index (χ1) is 12.6. The van der Waals surface area contributed by atoms with Gasteiger partial charge in [-0.25, -0.2) is 9.78 Å². The summed E-state index contributed by atoms with van der Waals surface area (Å²) in [5.74, 6) is 0.0558. The Kier molecular flexibility index (Phi) is 5.65.